The molecule has 0 heterocycles. The first-order chi connectivity index (χ1) is 26.0. The molecule has 0 radical (unpaired) electrons. The fourth-order valence-electron chi connectivity index (χ4n) is 7.03. The molecule has 53 heavy (non-hydrogen) atoms. The van der Waals surface area contributed by atoms with Crippen LogP contribution in [0.25, 0.3) is 0 Å². The van der Waals surface area contributed by atoms with Crippen molar-refractivity contribution in [2.24, 2.45) is 0 Å². The van der Waals surface area contributed by atoms with Crippen LogP contribution in [-0.4, -0.2) is 37.2 Å². The van der Waals surface area contributed by atoms with Crippen molar-refractivity contribution in [3.8, 4) is 0 Å². The maximum atomic E-state index is 12.7. The molecule has 0 spiro atoms. The van der Waals surface area contributed by atoms with Gasteiger partial charge in [-0.05, 0) is 19.3 Å². The number of esters is 3. The number of carbonyl (C=O) groups is 3. The molecule has 0 saturated carbocycles. The Bertz CT molecular complexity index is 783. The topological polar surface area (TPSA) is 78.9 Å². The first kappa shape index (κ1) is 51.4. The molecular weight excluding hydrogens is 661 g/mol. The van der Waals surface area contributed by atoms with E-state index < -0.39 is 6.10 Å². The van der Waals surface area contributed by atoms with Crippen LogP contribution in [-0.2, 0) is 28.6 Å². The molecule has 0 aliphatic carbocycles. The molecule has 0 aliphatic heterocycles. The molecule has 0 aromatic rings. The molecule has 0 aromatic carbocycles. The van der Waals surface area contributed by atoms with Gasteiger partial charge in [0, 0.05) is 19.3 Å². The van der Waals surface area contributed by atoms with Crippen molar-refractivity contribution in [2.45, 2.75) is 271 Å². The Labute approximate surface area is 329 Å². The SMILES string of the molecule is CCCCCCCCCCCCCCCCC(=O)OC[C@H](COC(=O)CCCCCCCCCCCCC)OC(=O)CCCCCCCCCCCC. The maximum Gasteiger partial charge on any atom is 0.306 e. The van der Waals surface area contributed by atoms with Crippen molar-refractivity contribution < 1.29 is 28.6 Å². The van der Waals surface area contributed by atoms with E-state index in [1.165, 1.54) is 167 Å². The van der Waals surface area contributed by atoms with Gasteiger partial charge in [-0.3, -0.25) is 14.4 Å². The van der Waals surface area contributed by atoms with Gasteiger partial charge in [-0.25, -0.2) is 0 Å². The third-order valence-electron chi connectivity index (χ3n) is 10.6. The molecule has 0 aromatic heterocycles. The Balaban J connectivity index is 4.29. The van der Waals surface area contributed by atoms with E-state index in [1.54, 1.807) is 0 Å². The van der Waals surface area contributed by atoms with Crippen molar-refractivity contribution in [2.75, 3.05) is 13.2 Å². The van der Waals surface area contributed by atoms with E-state index in [9.17, 15) is 14.4 Å². The van der Waals surface area contributed by atoms with Crippen molar-refractivity contribution >= 4 is 17.9 Å². The number of carbonyl (C=O) groups excluding carboxylic acids is 3. The summed E-state index contributed by atoms with van der Waals surface area (Å²) in [7, 11) is 0. The minimum absolute atomic E-state index is 0.0626. The van der Waals surface area contributed by atoms with Crippen LogP contribution in [0.4, 0.5) is 0 Å². The average Bonchev–Trinajstić information content (AvgIpc) is 3.15. The quantitative estimate of drug-likeness (QED) is 0.0351. The molecule has 314 valence electrons. The van der Waals surface area contributed by atoms with Gasteiger partial charge in [0.1, 0.15) is 13.2 Å². The summed E-state index contributed by atoms with van der Waals surface area (Å²) in [5.74, 6) is -0.851. The summed E-state index contributed by atoms with van der Waals surface area (Å²) in [6.45, 7) is 6.64. The van der Waals surface area contributed by atoms with Crippen LogP contribution in [0.2, 0.25) is 0 Å². The van der Waals surface area contributed by atoms with E-state index in [0.717, 1.165) is 57.8 Å². The number of rotatable bonds is 43. The Morgan fingerprint density at radius 2 is 0.509 bits per heavy atom. The lowest BCUT2D eigenvalue weighted by molar-refractivity contribution is -0.167. The second-order valence-corrected chi connectivity index (χ2v) is 16.0. The molecule has 0 unspecified atom stereocenters. The number of hydrogen-bond donors (Lipinski definition) is 0. The zero-order chi connectivity index (χ0) is 38.7. The fraction of sp³-hybridized carbons (Fsp3) is 0.936. The summed E-state index contributed by atoms with van der Waals surface area (Å²) < 4.78 is 16.7. The maximum absolute atomic E-state index is 12.7. The van der Waals surface area contributed by atoms with Crippen molar-refractivity contribution in [1.82, 2.24) is 0 Å². The van der Waals surface area contributed by atoms with Gasteiger partial charge in [-0.1, -0.05) is 226 Å². The van der Waals surface area contributed by atoms with Gasteiger partial charge in [0.05, 0.1) is 0 Å². The lowest BCUT2D eigenvalue weighted by Crippen LogP contribution is -2.30. The average molecular weight is 751 g/mol. The van der Waals surface area contributed by atoms with Gasteiger partial charge in [0.2, 0.25) is 0 Å². The van der Waals surface area contributed by atoms with Crippen LogP contribution < -0.4 is 0 Å². The van der Waals surface area contributed by atoms with E-state index in [2.05, 4.69) is 20.8 Å². The summed E-state index contributed by atoms with van der Waals surface area (Å²) in [5, 5.41) is 0. The normalized spacial score (nSPS) is 11.8. The molecule has 0 bridgehead atoms. The molecule has 6 heteroatoms. The standard InChI is InChI=1S/C47H90O6/c1-4-7-10-13-16-19-22-23-24-26-29-31-34-37-40-46(49)52-43-44(53-47(50)41-38-35-32-27-21-18-15-12-9-6-3)42-51-45(48)39-36-33-30-28-25-20-17-14-11-8-5-2/h44H,4-43H2,1-3H3/t44-/m0/s1. The summed E-state index contributed by atoms with van der Waals surface area (Å²) in [4.78, 5) is 37.7. The molecular formula is C47H90O6. The van der Waals surface area contributed by atoms with Crippen LogP contribution in [0.3, 0.4) is 0 Å². The third-order valence-corrected chi connectivity index (χ3v) is 10.6. The highest BCUT2D eigenvalue weighted by atomic mass is 16.6. The van der Waals surface area contributed by atoms with Gasteiger partial charge in [-0.2, -0.15) is 0 Å². The first-order valence-electron chi connectivity index (χ1n) is 23.5. The molecule has 1 atom stereocenters. The summed E-state index contributed by atoms with van der Waals surface area (Å²) in [6.07, 6.45) is 43.6. The summed E-state index contributed by atoms with van der Waals surface area (Å²) >= 11 is 0. The smallest absolute Gasteiger partial charge is 0.306 e. The molecule has 0 rings (SSSR count). The van der Waals surface area contributed by atoms with Gasteiger partial charge in [0.25, 0.3) is 0 Å². The lowest BCUT2D eigenvalue weighted by Gasteiger charge is -2.18. The molecule has 0 N–H and O–H groups in total. The molecule has 0 saturated heterocycles. The summed E-state index contributed by atoms with van der Waals surface area (Å²) in [5.41, 5.74) is 0. The van der Waals surface area contributed by atoms with Crippen molar-refractivity contribution in [1.29, 1.82) is 0 Å². The minimum Gasteiger partial charge on any atom is -0.462 e. The molecule has 0 aliphatic rings. The van der Waals surface area contributed by atoms with Crippen LogP contribution in [0.1, 0.15) is 265 Å². The van der Waals surface area contributed by atoms with E-state index in [1.807, 2.05) is 0 Å². The van der Waals surface area contributed by atoms with Gasteiger partial charge >= 0.3 is 17.9 Å². The van der Waals surface area contributed by atoms with E-state index in [-0.39, 0.29) is 31.1 Å². The largest absolute Gasteiger partial charge is 0.462 e. The zero-order valence-electron chi connectivity index (χ0n) is 35.8. The van der Waals surface area contributed by atoms with Crippen molar-refractivity contribution in [3.05, 3.63) is 0 Å². The Kier molecular flexibility index (Phi) is 41.8. The van der Waals surface area contributed by atoms with Crippen LogP contribution in [0, 0.1) is 0 Å². The van der Waals surface area contributed by atoms with Crippen LogP contribution >= 0.6 is 0 Å². The van der Waals surface area contributed by atoms with E-state index in [0.29, 0.717) is 19.3 Å². The third kappa shape index (κ3) is 41.4. The number of hydrogen-bond acceptors (Lipinski definition) is 6. The molecule has 0 fully saturated rings. The predicted molar refractivity (Wildman–Crippen MR) is 224 cm³/mol. The molecule has 6 nitrogen and oxygen atoms in total. The van der Waals surface area contributed by atoms with Gasteiger partial charge in [0.15, 0.2) is 6.10 Å². The Morgan fingerprint density at radius 3 is 0.755 bits per heavy atom. The first-order valence-corrected chi connectivity index (χ1v) is 23.5. The second kappa shape index (κ2) is 43.1. The highest BCUT2D eigenvalue weighted by Gasteiger charge is 2.19. The van der Waals surface area contributed by atoms with E-state index >= 15 is 0 Å². The minimum atomic E-state index is -0.757. The molecule has 0 amide bonds. The fourth-order valence-corrected chi connectivity index (χ4v) is 7.03. The van der Waals surface area contributed by atoms with Gasteiger partial charge in [-0.15, -0.1) is 0 Å². The number of ether oxygens (including phenoxy) is 3. The van der Waals surface area contributed by atoms with Crippen LogP contribution in [0.15, 0.2) is 0 Å². The van der Waals surface area contributed by atoms with E-state index in [4.69, 9.17) is 14.2 Å². The highest BCUT2D eigenvalue weighted by molar-refractivity contribution is 5.71. The van der Waals surface area contributed by atoms with Crippen LogP contribution in [0.5, 0.6) is 0 Å². The zero-order valence-corrected chi connectivity index (χ0v) is 35.8. The highest BCUT2D eigenvalue weighted by Crippen LogP contribution is 2.16. The summed E-state index contributed by atoms with van der Waals surface area (Å²) in [6, 6.07) is 0. The number of unbranched alkanes of at least 4 members (excludes halogenated alkanes) is 32. The lowest BCUT2D eigenvalue weighted by atomic mass is 10.0. The Morgan fingerprint density at radius 1 is 0.302 bits per heavy atom. The van der Waals surface area contributed by atoms with Crippen molar-refractivity contribution in [3.63, 3.8) is 0 Å². The predicted octanol–water partition coefficient (Wildman–Crippen LogP) is 14.9. The second-order valence-electron chi connectivity index (χ2n) is 16.0. The van der Waals surface area contributed by atoms with Gasteiger partial charge < -0.3 is 14.2 Å². The monoisotopic (exact) mass is 751 g/mol. The Hall–Kier alpha value is -1.59.